The van der Waals surface area contributed by atoms with Crippen LogP contribution in [0.2, 0.25) is 0 Å². The van der Waals surface area contributed by atoms with Gasteiger partial charge in [0.25, 0.3) is 5.91 Å². The van der Waals surface area contributed by atoms with Crippen molar-refractivity contribution < 1.29 is 15.0 Å². The van der Waals surface area contributed by atoms with Crippen LogP contribution in [0.4, 0.5) is 0 Å². The number of aliphatic hydroxyl groups is 2. The van der Waals surface area contributed by atoms with Crippen LogP contribution in [0, 0.1) is 0 Å². The van der Waals surface area contributed by atoms with Gasteiger partial charge in [-0.1, -0.05) is 6.92 Å². The molecule has 0 spiro atoms. The average Bonchev–Trinajstić information content (AvgIpc) is 2.70. The first-order chi connectivity index (χ1) is 7.95. The van der Waals surface area contributed by atoms with Crippen LogP contribution in [0.5, 0.6) is 0 Å². The lowest BCUT2D eigenvalue weighted by molar-refractivity contribution is 0.0715. The minimum absolute atomic E-state index is 0.326. The van der Waals surface area contributed by atoms with Gasteiger partial charge < -0.3 is 15.5 Å². The van der Waals surface area contributed by atoms with Crippen LogP contribution in [0.3, 0.4) is 0 Å². The summed E-state index contributed by atoms with van der Waals surface area (Å²) in [6.07, 6.45) is 0.748. The molecule has 1 aromatic rings. The molecule has 0 aliphatic carbocycles. The molecule has 1 heterocycles. The summed E-state index contributed by atoms with van der Waals surface area (Å²) in [5, 5.41) is 25.0. The number of carbonyl (C=O) groups excluding carboxylic acids is 1. The number of aliphatic hydroxyl groups excluding tert-OH is 2. The fourth-order valence-electron chi connectivity index (χ4n) is 1.38. The lowest BCUT2D eigenvalue weighted by Gasteiger charge is -2.25. The molecule has 6 nitrogen and oxygen atoms in total. The van der Waals surface area contributed by atoms with Gasteiger partial charge in [-0.15, -0.1) is 0 Å². The fraction of sp³-hybridized carbons (Fsp3) is 0.636. The Balaban J connectivity index is 2.86. The van der Waals surface area contributed by atoms with Gasteiger partial charge in [-0.2, -0.15) is 5.10 Å². The van der Waals surface area contributed by atoms with Crippen LogP contribution >= 0.6 is 0 Å². The van der Waals surface area contributed by atoms with E-state index >= 15 is 0 Å². The molecule has 1 amide bonds. The van der Waals surface area contributed by atoms with Crippen molar-refractivity contribution in [3.8, 4) is 0 Å². The number of carbonyl (C=O) groups is 1. The molecule has 0 aromatic carbocycles. The molecule has 0 aliphatic heterocycles. The quantitative estimate of drug-likeness (QED) is 0.646. The molecule has 0 fully saturated rings. The summed E-state index contributed by atoms with van der Waals surface area (Å²) in [6.45, 7) is 2.87. The molecular formula is C11H19N3O3. The van der Waals surface area contributed by atoms with Gasteiger partial charge in [0.2, 0.25) is 0 Å². The molecule has 0 saturated heterocycles. The van der Waals surface area contributed by atoms with Crippen molar-refractivity contribution in [2.75, 3.05) is 13.2 Å². The van der Waals surface area contributed by atoms with Crippen LogP contribution < -0.4 is 5.32 Å². The van der Waals surface area contributed by atoms with Gasteiger partial charge in [-0.25, -0.2) is 0 Å². The van der Waals surface area contributed by atoms with Crippen LogP contribution in [0.15, 0.2) is 6.07 Å². The van der Waals surface area contributed by atoms with E-state index in [4.69, 9.17) is 10.2 Å². The molecule has 1 rings (SSSR count). The van der Waals surface area contributed by atoms with Crippen molar-refractivity contribution in [1.82, 2.24) is 15.1 Å². The number of amides is 1. The maximum atomic E-state index is 11.9. The van der Waals surface area contributed by atoms with E-state index in [0.717, 1.165) is 12.1 Å². The Morgan fingerprint density at radius 2 is 2.12 bits per heavy atom. The number of hydrogen-bond acceptors (Lipinski definition) is 4. The van der Waals surface area contributed by atoms with Gasteiger partial charge in [0.15, 0.2) is 0 Å². The summed E-state index contributed by atoms with van der Waals surface area (Å²) in [5.74, 6) is -0.356. The second-order valence-electron chi connectivity index (χ2n) is 4.33. The van der Waals surface area contributed by atoms with Gasteiger partial charge >= 0.3 is 0 Å². The van der Waals surface area contributed by atoms with Crippen LogP contribution in [0.1, 0.15) is 30.0 Å². The summed E-state index contributed by atoms with van der Waals surface area (Å²) < 4.78 is 1.49. The van der Waals surface area contributed by atoms with Crippen molar-refractivity contribution in [3.05, 3.63) is 17.5 Å². The van der Waals surface area contributed by atoms with E-state index in [1.807, 2.05) is 6.92 Å². The van der Waals surface area contributed by atoms with E-state index < -0.39 is 5.54 Å². The highest BCUT2D eigenvalue weighted by atomic mass is 16.3. The molecule has 96 valence electrons. The normalized spacial score (nSPS) is 11.6. The van der Waals surface area contributed by atoms with Crippen molar-refractivity contribution in [1.29, 1.82) is 0 Å². The Kier molecular flexibility index (Phi) is 4.25. The predicted octanol–water partition coefficient (Wildman–Crippen LogP) is -0.544. The van der Waals surface area contributed by atoms with E-state index in [1.165, 1.54) is 4.68 Å². The van der Waals surface area contributed by atoms with Gasteiger partial charge in [0, 0.05) is 7.05 Å². The zero-order chi connectivity index (χ0) is 13.1. The fourth-order valence-corrected chi connectivity index (χ4v) is 1.38. The van der Waals surface area contributed by atoms with Crippen molar-refractivity contribution in [3.63, 3.8) is 0 Å². The highest BCUT2D eigenvalue weighted by molar-refractivity contribution is 5.93. The van der Waals surface area contributed by atoms with Gasteiger partial charge in [-0.3, -0.25) is 9.48 Å². The Labute approximate surface area is 100 Å². The Morgan fingerprint density at radius 3 is 2.53 bits per heavy atom. The average molecular weight is 241 g/mol. The van der Waals surface area contributed by atoms with E-state index in [1.54, 1.807) is 20.0 Å². The standard InChI is InChI=1S/C11H19N3O3/c1-4-8-5-9(14(3)13-8)10(17)12-11(2,6-15)7-16/h5,15-16H,4,6-7H2,1-3H3,(H,12,17). The van der Waals surface area contributed by atoms with Gasteiger partial charge in [0.1, 0.15) is 5.69 Å². The lowest BCUT2D eigenvalue weighted by atomic mass is 10.1. The topological polar surface area (TPSA) is 87.4 Å². The Bertz CT molecular complexity index is 397. The molecule has 0 bridgehead atoms. The summed E-state index contributed by atoms with van der Waals surface area (Å²) in [6, 6.07) is 1.70. The highest BCUT2D eigenvalue weighted by Crippen LogP contribution is 2.07. The SMILES string of the molecule is CCc1cc(C(=O)NC(C)(CO)CO)n(C)n1. The third kappa shape index (κ3) is 3.04. The third-order valence-electron chi connectivity index (χ3n) is 2.64. The number of nitrogens with zero attached hydrogens (tertiary/aromatic N) is 2. The summed E-state index contributed by atoms with van der Waals surface area (Å²) in [5.41, 5.74) is 0.218. The Morgan fingerprint density at radius 1 is 1.53 bits per heavy atom. The largest absolute Gasteiger partial charge is 0.394 e. The van der Waals surface area contributed by atoms with E-state index in [9.17, 15) is 4.79 Å². The molecule has 0 atom stereocenters. The molecule has 17 heavy (non-hydrogen) atoms. The summed E-state index contributed by atoms with van der Waals surface area (Å²) in [4.78, 5) is 11.9. The highest BCUT2D eigenvalue weighted by Gasteiger charge is 2.26. The first kappa shape index (κ1) is 13.7. The first-order valence-corrected chi connectivity index (χ1v) is 5.53. The maximum absolute atomic E-state index is 11.9. The zero-order valence-corrected chi connectivity index (χ0v) is 10.4. The minimum atomic E-state index is -1.02. The predicted molar refractivity (Wildman–Crippen MR) is 62.6 cm³/mol. The van der Waals surface area contributed by atoms with E-state index in [0.29, 0.717) is 5.69 Å². The first-order valence-electron chi connectivity index (χ1n) is 5.53. The summed E-state index contributed by atoms with van der Waals surface area (Å²) in [7, 11) is 1.68. The lowest BCUT2D eigenvalue weighted by Crippen LogP contribution is -2.52. The van der Waals surface area contributed by atoms with Crippen LogP contribution in [0.25, 0.3) is 0 Å². The molecule has 0 saturated carbocycles. The van der Waals surface area contributed by atoms with Crippen molar-refractivity contribution >= 4 is 5.91 Å². The van der Waals surface area contributed by atoms with E-state index in [2.05, 4.69) is 10.4 Å². The molecular weight excluding hydrogens is 222 g/mol. The zero-order valence-electron chi connectivity index (χ0n) is 10.4. The number of aromatic nitrogens is 2. The Hall–Kier alpha value is -1.40. The van der Waals surface area contributed by atoms with Gasteiger partial charge in [-0.05, 0) is 19.4 Å². The number of rotatable bonds is 5. The summed E-state index contributed by atoms with van der Waals surface area (Å²) >= 11 is 0. The van der Waals surface area contributed by atoms with Crippen molar-refractivity contribution in [2.24, 2.45) is 7.05 Å². The van der Waals surface area contributed by atoms with E-state index in [-0.39, 0.29) is 19.1 Å². The number of aryl methyl sites for hydroxylation is 2. The smallest absolute Gasteiger partial charge is 0.270 e. The molecule has 1 aromatic heterocycles. The molecule has 0 radical (unpaired) electrons. The monoisotopic (exact) mass is 241 g/mol. The maximum Gasteiger partial charge on any atom is 0.270 e. The second-order valence-corrected chi connectivity index (χ2v) is 4.33. The minimum Gasteiger partial charge on any atom is -0.394 e. The molecule has 3 N–H and O–H groups in total. The van der Waals surface area contributed by atoms with Crippen LogP contribution in [-0.4, -0.2) is 44.7 Å². The molecule has 6 heteroatoms. The second kappa shape index (κ2) is 5.29. The number of nitrogens with one attached hydrogen (secondary N) is 1. The number of hydrogen-bond donors (Lipinski definition) is 3. The van der Waals surface area contributed by atoms with Crippen molar-refractivity contribution in [2.45, 2.75) is 25.8 Å². The molecule has 0 unspecified atom stereocenters. The van der Waals surface area contributed by atoms with Crippen LogP contribution in [-0.2, 0) is 13.5 Å². The third-order valence-corrected chi connectivity index (χ3v) is 2.64. The van der Waals surface area contributed by atoms with Gasteiger partial charge in [0.05, 0.1) is 24.4 Å². The molecule has 0 aliphatic rings.